The summed E-state index contributed by atoms with van der Waals surface area (Å²) in [5.74, 6) is 0.567. The first-order valence-corrected chi connectivity index (χ1v) is 6.16. The lowest BCUT2D eigenvalue weighted by molar-refractivity contribution is 0.486. The molecule has 0 radical (unpaired) electrons. The number of nitrogens with one attached hydrogen (secondary N) is 2. The van der Waals surface area contributed by atoms with Gasteiger partial charge in [0, 0.05) is 11.1 Å². The molecule has 92 valence electrons. The Hall–Kier alpha value is -1.47. The molecule has 0 aliphatic heterocycles. The SMILES string of the molecule is CNCc1nnc(NC(C)c2ncc(C)s2)o1. The molecule has 0 aliphatic carbocycles. The Labute approximate surface area is 103 Å². The summed E-state index contributed by atoms with van der Waals surface area (Å²) < 4.78 is 5.40. The van der Waals surface area contributed by atoms with Crippen LogP contribution in [0.1, 0.15) is 28.7 Å². The molecule has 0 aromatic carbocycles. The van der Waals surface area contributed by atoms with Crippen molar-refractivity contribution in [3.8, 4) is 0 Å². The zero-order chi connectivity index (χ0) is 12.3. The summed E-state index contributed by atoms with van der Waals surface area (Å²) in [6.45, 7) is 4.62. The van der Waals surface area contributed by atoms with Crippen LogP contribution < -0.4 is 10.6 Å². The fourth-order valence-corrected chi connectivity index (χ4v) is 2.13. The highest BCUT2D eigenvalue weighted by Crippen LogP contribution is 2.22. The van der Waals surface area contributed by atoms with Crippen LogP contribution in [0.15, 0.2) is 10.6 Å². The second kappa shape index (κ2) is 5.24. The highest BCUT2D eigenvalue weighted by molar-refractivity contribution is 7.11. The molecule has 2 N–H and O–H groups in total. The van der Waals surface area contributed by atoms with E-state index in [1.165, 1.54) is 4.88 Å². The number of rotatable bonds is 5. The lowest BCUT2D eigenvalue weighted by Crippen LogP contribution is -2.06. The molecule has 0 spiro atoms. The molecule has 0 amide bonds. The van der Waals surface area contributed by atoms with Crippen LogP contribution in [0.2, 0.25) is 0 Å². The summed E-state index contributed by atoms with van der Waals surface area (Å²) in [6, 6.07) is 0.493. The van der Waals surface area contributed by atoms with Crippen molar-refractivity contribution < 1.29 is 4.42 Å². The van der Waals surface area contributed by atoms with E-state index in [2.05, 4.69) is 25.8 Å². The highest BCUT2D eigenvalue weighted by Gasteiger charge is 2.13. The zero-order valence-corrected chi connectivity index (χ0v) is 10.8. The largest absolute Gasteiger partial charge is 0.407 e. The molecular weight excluding hydrogens is 238 g/mol. The summed E-state index contributed by atoms with van der Waals surface area (Å²) in [7, 11) is 1.83. The molecular formula is C10H15N5OS. The van der Waals surface area contributed by atoms with Crippen molar-refractivity contribution >= 4 is 17.4 Å². The maximum absolute atomic E-state index is 5.40. The average molecular weight is 253 g/mol. The Balaban J connectivity index is 1.99. The van der Waals surface area contributed by atoms with Gasteiger partial charge in [-0.05, 0) is 20.9 Å². The standard InChI is InChI=1S/C10H15N5OS/c1-6-4-12-9(17-6)7(2)13-10-15-14-8(16-10)5-11-3/h4,7,11H,5H2,1-3H3,(H,13,15). The number of aryl methyl sites for hydroxylation is 1. The summed E-state index contributed by atoms with van der Waals surface area (Å²) in [4.78, 5) is 5.50. The molecule has 17 heavy (non-hydrogen) atoms. The highest BCUT2D eigenvalue weighted by atomic mass is 32.1. The summed E-state index contributed by atoms with van der Waals surface area (Å²) in [5, 5.41) is 14.9. The summed E-state index contributed by atoms with van der Waals surface area (Å²) in [6.07, 6.45) is 1.86. The van der Waals surface area contributed by atoms with E-state index in [0.29, 0.717) is 18.5 Å². The summed E-state index contributed by atoms with van der Waals surface area (Å²) >= 11 is 1.66. The number of hydrogen-bond acceptors (Lipinski definition) is 7. The van der Waals surface area contributed by atoms with Gasteiger partial charge in [-0.1, -0.05) is 5.10 Å². The molecule has 0 bridgehead atoms. The van der Waals surface area contributed by atoms with Gasteiger partial charge in [0.05, 0.1) is 12.6 Å². The van der Waals surface area contributed by atoms with Gasteiger partial charge in [-0.15, -0.1) is 16.4 Å². The second-order valence-electron chi connectivity index (χ2n) is 3.71. The average Bonchev–Trinajstić information content (AvgIpc) is 2.88. The van der Waals surface area contributed by atoms with Gasteiger partial charge in [-0.25, -0.2) is 4.98 Å². The molecule has 2 rings (SSSR count). The topological polar surface area (TPSA) is 75.9 Å². The number of hydrogen-bond donors (Lipinski definition) is 2. The van der Waals surface area contributed by atoms with Crippen LogP contribution in [0.3, 0.4) is 0 Å². The minimum atomic E-state index is 0.0663. The molecule has 2 heterocycles. The predicted molar refractivity (Wildman–Crippen MR) is 66.0 cm³/mol. The van der Waals surface area contributed by atoms with Gasteiger partial charge in [-0.2, -0.15) is 0 Å². The van der Waals surface area contributed by atoms with Gasteiger partial charge in [0.15, 0.2) is 0 Å². The fraction of sp³-hybridized carbons (Fsp3) is 0.500. The van der Waals surface area contributed by atoms with Crippen LogP contribution in [0, 0.1) is 6.92 Å². The Morgan fingerprint density at radius 2 is 2.29 bits per heavy atom. The van der Waals surface area contributed by atoms with E-state index < -0.39 is 0 Å². The quantitative estimate of drug-likeness (QED) is 0.845. The van der Waals surface area contributed by atoms with Crippen LogP contribution in [-0.2, 0) is 6.54 Å². The molecule has 2 aromatic heterocycles. The van der Waals surface area contributed by atoms with Crippen molar-refractivity contribution in [3.63, 3.8) is 0 Å². The molecule has 1 unspecified atom stereocenters. The third kappa shape index (κ3) is 3.01. The van der Waals surface area contributed by atoms with Crippen molar-refractivity contribution in [1.82, 2.24) is 20.5 Å². The smallest absolute Gasteiger partial charge is 0.316 e. The van der Waals surface area contributed by atoms with Gasteiger partial charge in [0.1, 0.15) is 5.01 Å². The lowest BCUT2D eigenvalue weighted by Gasteiger charge is -2.07. The van der Waals surface area contributed by atoms with Crippen LogP contribution in [-0.4, -0.2) is 22.2 Å². The molecule has 6 nitrogen and oxygen atoms in total. The van der Waals surface area contributed by atoms with Crippen molar-refractivity contribution in [1.29, 1.82) is 0 Å². The van der Waals surface area contributed by atoms with E-state index in [0.717, 1.165) is 5.01 Å². The van der Waals surface area contributed by atoms with Crippen molar-refractivity contribution in [2.45, 2.75) is 26.4 Å². The number of aromatic nitrogens is 3. The van der Waals surface area contributed by atoms with E-state index in [1.54, 1.807) is 11.3 Å². The number of thiazole rings is 1. The molecule has 0 aliphatic rings. The van der Waals surface area contributed by atoms with Gasteiger partial charge in [-0.3, -0.25) is 0 Å². The van der Waals surface area contributed by atoms with E-state index in [4.69, 9.17) is 4.42 Å². The predicted octanol–water partition coefficient (Wildman–Crippen LogP) is 1.73. The van der Waals surface area contributed by atoms with E-state index in [9.17, 15) is 0 Å². The molecule has 0 fully saturated rings. The van der Waals surface area contributed by atoms with Crippen molar-refractivity contribution in [2.24, 2.45) is 0 Å². The van der Waals surface area contributed by atoms with E-state index in [1.807, 2.05) is 27.1 Å². The van der Waals surface area contributed by atoms with Crippen LogP contribution >= 0.6 is 11.3 Å². The fourth-order valence-electron chi connectivity index (χ4n) is 1.35. The monoisotopic (exact) mass is 253 g/mol. The Morgan fingerprint density at radius 3 is 2.94 bits per heavy atom. The van der Waals surface area contributed by atoms with Crippen molar-refractivity contribution in [2.75, 3.05) is 12.4 Å². The lowest BCUT2D eigenvalue weighted by atomic mass is 10.4. The van der Waals surface area contributed by atoms with Gasteiger partial charge < -0.3 is 15.1 Å². The first-order chi connectivity index (χ1) is 8.19. The molecule has 1 atom stereocenters. The maximum atomic E-state index is 5.40. The molecule has 2 aromatic rings. The normalized spacial score (nSPS) is 12.6. The van der Waals surface area contributed by atoms with Gasteiger partial charge in [0.2, 0.25) is 5.89 Å². The summed E-state index contributed by atoms with van der Waals surface area (Å²) in [5.41, 5.74) is 0. The first-order valence-electron chi connectivity index (χ1n) is 5.35. The molecule has 0 saturated carbocycles. The Kier molecular flexibility index (Phi) is 3.70. The van der Waals surface area contributed by atoms with Crippen molar-refractivity contribution in [3.05, 3.63) is 22.0 Å². The van der Waals surface area contributed by atoms with Gasteiger partial charge in [0.25, 0.3) is 0 Å². The second-order valence-corrected chi connectivity index (χ2v) is 4.97. The molecule has 0 saturated heterocycles. The number of nitrogens with zero attached hydrogens (tertiary/aromatic N) is 3. The third-order valence-electron chi connectivity index (χ3n) is 2.14. The van der Waals surface area contributed by atoms with Crippen LogP contribution in [0.25, 0.3) is 0 Å². The zero-order valence-electron chi connectivity index (χ0n) is 10.0. The van der Waals surface area contributed by atoms with Crippen LogP contribution in [0.5, 0.6) is 0 Å². The third-order valence-corrected chi connectivity index (χ3v) is 3.24. The molecule has 7 heteroatoms. The van der Waals surface area contributed by atoms with Gasteiger partial charge >= 0.3 is 6.01 Å². The van der Waals surface area contributed by atoms with Crippen LogP contribution in [0.4, 0.5) is 6.01 Å². The van der Waals surface area contributed by atoms with E-state index >= 15 is 0 Å². The Morgan fingerprint density at radius 1 is 1.47 bits per heavy atom. The minimum absolute atomic E-state index is 0.0663. The van der Waals surface area contributed by atoms with E-state index in [-0.39, 0.29) is 6.04 Å². The minimum Gasteiger partial charge on any atom is -0.407 e. The maximum Gasteiger partial charge on any atom is 0.316 e. The first kappa shape index (κ1) is 12.0. The number of anilines is 1. The Bertz CT molecular complexity index is 481.